The van der Waals surface area contributed by atoms with E-state index in [0.29, 0.717) is 5.69 Å². The summed E-state index contributed by atoms with van der Waals surface area (Å²) in [5.41, 5.74) is 3.21. The molecule has 0 bridgehead atoms. The van der Waals surface area contributed by atoms with Gasteiger partial charge in [0.1, 0.15) is 5.82 Å². The van der Waals surface area contributed by atoms with Crippen LogP contribution in [0, 0.1) is 26.0 Å². The highest BCUT2D eigenvalue weighted by atomic mass is 28.3. The van der Waals surface area contributed by atoms with E-state index >= 15 is 4.39 Å². The van der Waals surface area contributed by atoms with Crippen LogP contribution in [0.4, 0.5) is 27.1 Å². The van der Waals surface area contributed by atoms with Gasteiger partial charge in [-0.2, -0.15) is 0 Å². The summed E-state index contributed by atoms with van der Waals surface area (Å²) in [5, 5.41) is 22.3. The van der Waals surface area contributed by atoms with Gasteiger partial charge < -0.3 is 9.80 Å². The van der Waals surface area contributed by atoms with Gasteiger partial charge in [-0.3, -0.25) is 20.2 Å². The molecule has 0 spiro atoms. The second-order valence-corrected chi connectivity index (χ2v) is 16.3. The molecule has 198 valence electrons. The van der Waals surface area contributed by atoms with E-state index < -0.39 is 17.9 Å². The third kappa shape index (κ3) is 5.13. The maximum Gasteiger partial charge on any atom is 0.269 e. The number of nitrogens with zero attached hydrogens (tertiary/aromatic N) is 4. The molecular formula is C28H31FN4O4Si. The van der Waals surface area contributed by atoms with Crippen LogP contribution in [0.3, 0.4) is 0 Å². The van der Waals surface area contributed by atoms with Crippen molar-refractivity contribution in [3.8, 4) is 0 Å². The Bertz CT molecular complexity index is 1270. The molecule has 0 unspecified atom stereocenters. The molecule has 0 N–H and O–H groups in total. The van der Waals surface area contributed by atoms with Crippen LogP contribution in [0.5, 0.6) is 0 Å². The van der Waals surface area contributed by atoms with Crippen molar-refractivity contribution in [1.29, 1.82) is 0 Å². The Kier molecular flexibility index (Phi) is 6.91. The van der Waals surface area contributed by atoms with Crippen LogP contribution in [-0.2, 0) is 0 Å². The average molecular weight is 535 g/mol. The molecule has 2 aliphatic rings. The summed E-state index contributed by atoms with van der Waals surface area (Å²) in [6, 6.07) is 20.5. The molecule has 2 atom stereocenters. The third-order valence-electron chi connectivity index (χ3n) is 8.05. The van der Waals surface area contributed by atoms with Crippen molar-refractivity contribution in [3.63, 3.8) is 0 Å². The molecule has 3 aromatic rings. The van der Waals surface area contributed by atoms with E-state index in [9.17, 15) is 20.2 Å². The normalized spacial score (nSPS) is 20.9. The minimum Gasteiger partial charge on any atom is -0.370 e. The maximum atomic E-state index is 15.6. The molecule has 5 rings (SSSR count). The van der Waals surface area contributed by atoms with Gasteiger partial charge in [0.15, 0.2) is 0 Å². The van der Waals surface area contributed by atoms with Gasteiger partial charge in [-0.1, -0.05) is 37.4 Å². The molecule has 2 aliphatic heterocycles. The fourth-order valence-corrected chi connectivity index (χ4v) is 7.73. The van der Waals surface area contributed by atoms with Crippen molar-refractivity contribution in [2.75, 3.05) is 22.9 Å². The molecule has 3 aromatic carbocycles. The highest BCUT2D eigenvalue weighted by Gasteiger charge is 2.36. The number of hydrogen-bond acceptors (Lipinski definition) is 6. The molecule has 0 radical (unpaired) electrons. The van der Waals surface area contributed by atoms with Crippen LogP contribution in [0.2, 0.25) is 25.2 Å². The van der Waals surface area contributed by atoms with Crippen molar-refractivity contribution in [1.82, 2.24) is 0 Å². The van der Waals surface area contributed by atoms with Crippen molar-refractivity contribution < 1.29 is 14.2 Å². The molecule has 2 fully saturated rings. The Hall–Kier alpha value is -3.79. The fourth-order valence-electron chi connectivity index (χ4n) is 5.73. The molecule has 2 heterocycles. The quantitative estimate of drug-likeness (QED) is 0.188. The lowest BCUT2D eigenvalue weighted by atomic mass is 10.0. The zero-order valence-corrected chi connectivity index (χ0v) is 22.5. The summed E-state index contributed by atoms with van der Waals surface area (Å²) in [4.78, 5) is 25.8. The summed E-state index contributed by atoms with van der Waals surface area (Å²) in [6.45, 7) is 6.51. The largest absolute Gasteiger partial charge is 0.370 e. The minimum atomic E-state index is -1.19. The fraction of sp³-hybridized carbons (Fsp3) is 0.357. The number of hydrogen-bond donors (Lipinski definition) is 0. The first-order valence-electron chi connectivity index (χ1n) is 12.9. The first-order chi connectivity index (χ1) is 18.1. The molecule has 0 amide bonds. The van der Waals surface area contributed by atoms with Gasteiger partial charge in [-0.05, 0) is 54.3 Å². The lowest BCUT2D eigenvalue weighted by Crippen LogP contribution is -2.43. The molecule has 2 saturated heterocycles. The SMILES string of the molecule is C[Si]1(C)CCN(c2ccc(N3[C@H](c4ccc([N+](=O)[O-])cc4)CC[C@H]3c3ccc([N+](=O)[O-])cc3)cc2F)CC1. The van der Waals surface area contributed by atoms with Crippen molar-refractivity contribution in [2.24, 2.45) is 0 Å². The summed E-state index contributed by atoms with van der Waals surface area (Å²) < 4.78 is 15.6. The third-order valence-corrected chi connectivity index (χ3v) is 11.2. The van der Waals surface area contributed by atoms with Gasteiger partial charge in [0.2, 0.25) is 0 Å². The monoisotopic (exact) mass is 534 g/mol. The molecule has 10 heteroatoms. The number of benzene rings is 3. The highest BCUT2D eigenvalue weighted by molar-refractivity contribution is 6.77. The van der Waals surface area contributed by atoms with Gasteiger partial charge in [-0.15, -0.1) is 0 Å². The number of nitro groups is 2. The smallest absolute Gasteiger partial charge is 0.269 e. The zero-order valence-electron chi connectivity index (χ0n) is 21.5. The van der Waals surface area contributed by atoms with Gasteiger partial charge >= 0.3 is 0 Å². The second kappa shape index (κ2) is 10.2. The number of non-ortho nitro benzene ring substituents is 2. The van der Waals surface area contributed by atoms with Crippen LogP contribution in [0.15, 0.2) is 66.7 Å². The Morgan fingerprint density at radius 2 is 1.26 bits per heavy atom. The van der Waals surface area contributed by atoms with E-state index in [1.165, 1.54) is 24.3 Å². The second-order valence-electron chi connectivity index (χ2n) is 11.0. The molecule has 38 heavy (non-hydrogen) atoms. The minimum absolute atomic E-state index is 0.0217. The first-order valence-corrected chi connectivity index (χ1v) is 16.4. The lowest BCUT2D eigenvalue weighted by molar-refractivity contribution is -0.385. The predicted molar refractivity (Wildman–Crippen MR) is 149 cm³/mol. The van der Waals surface area contributed by atoms with Gasteiger partial charge in [0, 0.05) is 43.0 Å². The Labute approximate surface area is 222 Å². The van der Waals surface area contributed by atoms with Crippen molar-refractivity contribution in [3.05, 3.63) is 104 Å². The standard InChI is InChI=1S/C28H31FN4O4Si/c1-38(2)17-15-30(16-18-38)28-12-11-24(19-25(28)29)31-26(20-3-7-22(8-4-20)32(34)35)13-14-27(31)21-5-9-23(10-6-21)33(36)37/h3-12,19,26-27H,13-18H2,1-2H3/t26-,27-/m0/s1. The van der Waals surface area contributed by atoms with Gasteiger partial charge in [-0.25, -0.2) is 4.39 Å². The van der Waals surface area contributed by atoms with Crippen LogP contribution < -0.4 is 9.80 Å². The van der Waals surface area contributed by atoms with Crippen LogP contribution >= 0.6 is 0 Å². The highest BCUT2D eigenvalue weighted by Crippen LogP contribution is 2.48. The summed E-state index contributed by atoms with van der Waals surface area (Å²) in [6.07, 6.45) is 1.52. The number of rotatable bonds is 6. The van der Waals surface area contributed by atoms with E-state index in [1.54, 1.807) is 30.3 Å². The molecule has 0 aromatic heterocycles. The van der Waals surface area contributed by atoms with Crippen molar-refractivity contribution in [2.45, 2.75) is 50.1 Å². The average Bonchev–Trinajstić information content (AvgIpc) is 3.34. The van der Waals surface area contributed by atoms with Gasteiger partial charge in [0.25, 0.3) is 11.4 Å². The van der Waals surface area contributed by atoms with Crippen LogP contribution in [0.25, 0.3) is 0 Å². The lowest BCUT2D eigenvalue weighted by Gasteiger charge is -2.38. The summed E-state index contributed by atoms with van der Waals surface area (Å²) >= 11 is 0. The van der Waals surface area contributed by atoms with Crippen LogP contribution in [-0.4, -0.2) is 31.0 Å². The molecule has 8 nitrogen and oxygen atoms in total. The predicted octanol–water partition coefficient (Wildman–Crippen LogP) is 7.25. The van der Waals surface area contributed by atoms with E-state index in [4.69, 9.17) is 0 Å². The Morgan fingerprint density at radius 1 is 0.789 bits per heavy atom. The topological polar surface area (TPSA) is 92.8 Å². The Morgan fingerprint density at radius 3 is 1.68 bits per heavy atom. The van der Waals surface area contributed by atoms with Crippen molar-refractivity contribution >= 4 is 30.8 Å². The molecule has 0 aliphatic carbocycles. The molecule has 0 saturated carbocycles. The van der Waals surface area contributed by atoms with E-state index in [-0.39, 0.29) is 29.3 Å². The summed E-state index contributed by atoms with van der Waals surface area (Å²) in [7, 11) is -1.19. The van der Waals surface area contributed by atoms with E-state index in [1.807, 2.05) is 12.1 Å². The zero-order chi connectivity index (χ0) is 27.0. The first kappa shape index (κ1) is 25.8. The summed E-state index contributed by atoms with van der Waals surface area (Å²) in [5.74, 6) is -0.263. The number of halogens is 1. The number of anilines is 2. The molecular weight excluding hydrogens is 503 g/mol. The maximum absolute atomic E-state index is 15.6. The Balaban J connectivity index is 1.49. The van der Waals surface area contributed by atoms with E-state index in [0.717, 1.165) is 54.8 Å². The van der Waals surface area contributed by atoms with E-state index in [2.05, 4.69) is 22.9 Å². The van der Waals surface area contributed by atoms with Gasteiger partial charge in [0.05, 0.1) is 35.7 Å². The number of nitro benzene ring substituents is 2. The van der Waals surface area contributed by atoms with Crippen LogP contribution in [0.1, 0.15) is 36.1 Å².